The van der Waals surface area contributed by atoms with Gasteiger partial charge in [0.2, 0.25) is 0 Å². The van der Waals surface area contributed by atoms with E-state index in [4.69, 9.17) is 11.6 Å². The van der Waals surface area contributed by atoms with Gasteiger partial charge in [0.1, 0.15) is 5.75 Å². The van der Waals surface area contributed by atoms with Gasteiger partial charge in [0.25, 0.3) is 5.91 Å². The van der Waals surface area contributed by atoms with E-state index >= 15 is 0 Å². The fourth-order valence-corrected chi connectivity index (χ4v) is 2.59. The van der Waals surface area contributed by atoms with Crippen LogP contribution in [-0.4, -0.2) is 53.5 Å². The fraction of sp³-hybridized carbons (Fsp3) is 0.500. The molecule has 1 heterocycles. The third kappa shape index (κ3) is 3.01. The van der Waals surface area contributed by atoms with Crippen molar-refractivity contribution < 1.29 is 9.90 Å². The maximum Gasteiger partial charge on any atom is 0.257 e. The molecule has 19 heavy (non-hydrogen) atoms. The Labute approximate surface area is 118 Å². The van der Waals surface area contributed by atoms with Gasteiger partial charge in [0, 0.05) is 30.7 Å². The van der Waals surface area contributed by atoms with Crippen LogP contribution in [0.2, 0.25) is 5.02 Å². The smallest absolute Gasteiger partial charge is 0.257 e. The van der Waals surface area contributed by atoms with E-state index in [2.05, 4.69) is 18.9 Å². The molecule has 2 rings (SSSR count). The Balaban J connectivity index is 2.15. The van der Waals surface area contributed by atoms with Crippen LogP contribution in [0.1, 0.15) is 23.7 Å². The summed E-state index contributed by atoms with van der Waals surface area (Å²) >= 11 is 5.78. The zero-order valence-corrected chi connectivity index (χ0v) is 12.0. The van der Waals surface area contributed by atoms with Crippen molar-refractivity contribution in [2.45, 2.75) is 19.4 Å². The lowest BCUT2D eigenvalue weighted by atomic mass is 10.1. The standard InChI is InChI=1S/C14H19ClN2O2/c1-3-11-9-17(7-6-16(11)2)14(19)12-5-4-10(15)8-13(12)18/h4-5,8,11,18H,3,6-7,9H2,1-2H3. The third-order valence-corrected chi connectivity index (χ3v) is 3.96. The summed E-state index contributed by atoms with van der Waals surface area (Å²) in [6.45, 7) is 4.37. The van der Waals surface area contributed by atoms with Gasteiger partial charge in [-0.1, -0.05) is 18.5 Å². The molecule has 0 bridgehead atoms. The Bertz CT molecular complexity index is 479. The Hall–Kier alpha value is -1.26. The second kappa shape index (κ2) is 5.80. The van der Waals surface area contributed by atoms with Crippen molar-refractivity contribution in [1.29, 1.82) is 0 Å². The highest BCUT2D eigenvalue weighted by molar-refractivity contribution is 6.30. The summed E-state index contributed by atoms with van der Waals surface area (Å²) in [5.74, 6) is -0.176. The molecule has 0 aromatic heterocycles. The van der Waals surface area contributed by atoms with E-state index in [1.165, 1.54) is 6.07 Å². The SMILES string of the molecule is CCC1CN(C(=O)c2ccc(Cl)cc2O)CCN1C. The van der Waals surface area contributed by atoms with Crippen LogP contribution in [0.4, 0.5) is 0 Å². The highest BCUT2D eigenvalue weighted by Gasteiger charge is 2.27. The van der Waals surface area contributed by atoms with Gasteiger partial charge in [-0.15, -0.1) is 0 Å². The molecule has 0 aliphatic carbocycles. The van der Waals surface area contributed by atoms with Crippen molar-refractivity contribution in [3.05, 3.63) is 28.8 Å². The van der Waals surface area contributed by atoms with Crippen LogP contribution in [0.3, 0.4) is 0 Å². The number of aromatic hydroxyl groups is 1. The summed E-state index contributed by atoms with van der Waals surface area (Å²) in [7, 11) is 2.08. The van der Waals surface area contributed by atoms with Crippen LogP contribution in [0, 0.1) is 0 Å². The quantitative estimate of drug-likeness (QED) is 0.904. The molecule has 0 radical (unpaired) electrons. The number of rotatable bonds is 2. The van der Waals surface area contributed by atoms with Gasteiger partial charge in [-0.05, 0) is 31.7 Å². The highest BCUT2D eigenvalue weighted by atomic mass is 35.5. The minimum atomic E-state index is -0.124. The van der Waals surface area contributed by atoms with Crippen LogP contribution < -0.4 is 0 Å². The molecule has 0 saturated carbocycles. The van der Waals surface area contributed by atoms with Gasteiger partial charge in [-0.2, -0.15) is 0 Å². The van der Waals surface area contributed by atoms with E-state index in [-0.39, 0.29) is 11.7 Å². The molecule has 1 aliphatic rings. The van der Waals surface area contributed by atoms with Crippen molar-refractivity contribution in [3.63, 3.8) is 0 Å². The minimum Gasteiger partial charge on any atom is -0.507 e. The van der Waals surface area contributed by atoms with Crippen LogP contribution in [0.25, 0.3) is 0 Å². The van der Waals surface area contributed by atoms with E-state index in [1.807, 2.05) is 0 Å². The molecule has 1 N–H and O–H groups in total. The number of phenols is 1. The number of nitrogens with zero attached hydrogens (tertiary/aromatic N) is 2. The first kappa shape index (κ1) is 14.2. The topological polar surface area (TPSA) is 43.8 Å². The largest absolute Gasteiger partial charge is 0.507 e. The first-order valence-electron chi connectivity index (χ1n) is 6.51. The average Bonchev–Trinajstić information content (AvgIpc) is 2.38. The molecule has 1 fully saturated rings. The van der Waals surface area contributed by atoms with Crippen LogP contribution in [0.15, 0.2) is 18.2 Å². The van der Waals surface area contributed by atoms with Crippen LogP contribution >= 0.6 is 11.6 Å². The van der Waals surface area contributed by atoms with Gasteiger partial charge in [0.15, 0.2) is 0 Å². The van der Waals surface area contributed by atoms with Crippen LogP contribution in [-0.2, 0) is 0 Å². The lowest BCUT2D eigenvalue weighted by Crippen LogP contribution is -2.52. The number of carbonyl (C=O) groups is 1. The van der Waals surface area contributed by atoms with Gasteiger partial charge in [0.05, 0.1) is 5.56 Å². The monoisotopic (exact) mass is 282 g/mol. The minimum absolute atomic E-state index is 0.0514. The molecule has 1 unspecified atom stereocenters. The fourth-order valence-electron chi connectivity index (χ4n) is 2.43. The second-order valence-corrected chi connectivity index (χ2v) is 5.39. The number of hydrogen-bond acceptors (Lipinski definition) is 3. The molecule has 1 aromatic carbocycles. The van der Waals surface area contributed by atoms with E-state index in [0.29, 0.717) is 29.7 Å². The van der Waals surface area contributed by atoms with Crippen molar-refractivity contribution in [3.8, 4) is 5.75 Å². The zero-order chi connectivity index (χ0) is 14.0. The normalized spacial score (nSPS) is 20.6. The summed E-state index contributed by atoms with van der Waals surface area (Å²) in [6, 6.07) is 5.00. The Morgan fingerprint density at radius 3 is 2.84 bits per heavy atom. The predicted molar refractivity (Wildman–Crippen MR) is 75.7 cm³/mol. The Kier molecular flexibility index (Phi) is 4.32. The average molecular weight is 283 g/mol. The van der Waals surface area contributed by atoms with Crippen LogP contribution in [0.5, 0.6) is 5.75 Å². The van der Waals surface area contributed by atoms with E-state index in [9.17, 15) is 9.90 Å². The number of likely N-dealkylation sites (N-methyl/N-ethyl adjacent to an activating group) is 1. The molecular weight excluding hydrogens is 264 g/mol. The van der Waals surface area contributed by atoms with E-state index in [1.54, 1.807) is 17.0 Å². The number of amides is 1. The lowest BCUT2D eigenvalue weighted by molar-refractivity contribution is 0.0539. The second-order valence-electron chi connectivity index (χ2n) is 4.96. The van der Waals surface area contributed by atoms with Crippen molar-refractivity contribution in [2.24, 2.45) is 0 Å². The van der Waals surface area contributed by atoms with Crippen molar-refractivity contribution >= 4 is 17.5 Å². The molecule has 1 saturated heterocycles. The summed E-state index contributed by atoms with van der Waals surface area (Å²) in [6.07, 6.45) is 1.01. The number of halogens is 1. The molecular formula is C14H19ClN2O2. The molecule has 4 nitrogen and oxygen atoms in total. The molecule has 1 amide bonds. The van der Waals surface area contributed by atoms with Gasteiger partial charge in [-0.25, -0.2) is 0 Å². The molecule has 1 aromatic rings. The van der Waals surface area contributed by atoms with Gasteiger partial charge < -0.3 is 10.0 Å². The van der Waals surface area contributed by atoms with E-state index < -0.39 is 0 Å². The summed E-state index contributed by atoms with van der Waals surface area (Å²) in [4.78, 5) is 16.5. The van der Waals surface area contributed by atoms with Gasteiger partial charge >= 0.3 is 0 Å². The summed E-state index contributed by atoms with van der Waals surface area (Å²) < 4.78 is 0. The Morgan fingerprint density at radius 2 is 2.21 bits per heavy atom. The van der Waals surface area contributed by atoms with Gasteiger partial charge in [-0.3, -0.25) is 9.69 Å². The predicted octanol–water partition coefficient (Wildman–Crippen LogP) is 2.21. The molecule has 0 spiro atoms. The molecule has 1 atom stereocenters. The number of hydrogen-bond donors (Lipinski definition) is 1. The van der Waals surface area contributed by atoms with Crippen molar-refractivity contribution in [2.75, 3.05) is 26.7 Å². The zero-order valence-electron chi connectivity index (χ0n) is 11.3. The molecule has 5 heteroatoms. The molecule has 1 aliphatic heterocycles. The van der Waals surface area contributed by atoms with E-state index in [0.717, 1.165) is 13.0 Å². The third-order valence-electron chi connectivity index (χ3n) is 3.73. The highest BCUT2D eigenvalue weighted by Crippen LogP contribution is 2.24. The number of piperazine rings is 1. The summed E-state index contributed by atoms with van der Waals surface area (Å²) in [5.41, 5.74) is 0.323. The maximum absolute atomic E-state index is 12.4. The maximum atomic E-state index is 12.4. The Morgan fingerprint density at radius 1 is 1.47 bits per heavy atom. The number of benzene rings is 1. The van der Waals surface area contributed by atoms with Crippen molar-refractivity contribution in [1.82, 2.24) is 9.80 Å². The summed E-state index contributed by atoms with van der Waals surface area (Å²) in [5, 5.41) is 10.3. The first-order valence-corrected chi connectivity index (χ1v) is 6.88. The lowest BCUT2D eigenvalue weighted by Gasteiger charge is -2.39. The number of carbonyl (C=O) groups excluding carboxylic acids is 1. The molecule has 104 valence electrons. The first-order chi connectivity index (χ1) is 9.02. The number of phenolic OH excluding ortho intramolecular Hbond substituents is 1.